The molecule has 0 aromatic carbocycles. The first kappa shape index (κ1) is 11.4. The van der Waals surface area contributed by atoms with Gasteiger partial charge < -0.3 is 25.0 Å². The fourth-order valence-corrected chi connectivity index (χ4v) is 1.39. The van der Waals surface area contributed by atoms with Crippen molar-refractivity contribution in [3.05, 3.63) is 0 Å². The lowest BCUT2D eigenvalue weighted by molar-refractivity contribution is -0.240. The van der Waals surface area contributed by atoms with Crippen LogP contribution in [0.4, 0.5) is 0 Å². The summed E-state index contributed by atoms with van der Waals surface area (Å²) in [5, 5.41) is 21.5. The maximum absolute atomic E-state index is 10.7. The summed E-state index contributed by atoms with van der Waals surface area (Å²) in [4.78, 5) is 10.7. The van der Waals surface area contributed by atoms with Gasteiger partial charge in [0, 0.05) is 14.0 Å². The molecule has 1 amide bonds. The molecule has 14 heavy (non-hydrogen) atoms. The second-order valence-electron chi connectivity index (χ2n) is 3.23. The number of hydrogen-bond donors (Lipinski definition) is 3. The number of hydrogen-bond acceptors (Lipinski definition) is 5. The van der Waals surface area contributed by atoms with E-state index in [0.717, 1.165) is 0 Å². The average molecular weight is 205 g/mol. The van der Waals surface area contributed by atoms with E-state index in [-0.39, 0.29) is 12.5 Å². The van der Waals surface area contributed by atoms with Crippen molar-refractivity contribution >= 4 is 5.91 Å². The molecule has 1 aliphatic heterocycles. The van der Waals surface area contributed by atoms with Crippen LogP contribution in [0.2, 0.25) is 0 Å². The van der Waals surface area contributed by atoms with Crippen molar-refractivity contribution in [2.24, 2.45) is 0 Å². The van der Waals surface area contributed by atoms with Crippen LogP contribution in [0.15, 0.2) is 0 Å². The lowest BCUT2D eigenvalue weighted by Crippen LogP contribution is -2.59. The lowest BCUT2D eigenvalue weighted by atomic mass is 10.0. The second kappa shape index (κ2) is 4.70. The molecule has 3 N–H and O–H groups in total. The molecule has 0 aliphatic carbocycles. The summed E-state index contributed by atoms with van der Waals surface area (Å²) >= 11 is 0. The van der Waals surface area contributed by atoms with E-state index in [1.807, 2.05) is 0 Å². The Bertz CT molecular complexity index is 210. The van der Waals surface area contributed by atoms with Gasteiger partial charge in [-0.2, -0.15) is 0 Å². The van der Waals surface area contributed by atoms with Gasteiger partial charge in [-0.25, -0.2) is 0 Å². The molecule has 0 radical (unpaired) electrons. The third kappa shape index (κ3) is 2.42. The monoisotopic (exact) mass is 205 g/mol. The van der Waals surface area contributed by atoms with Crippen molar-refractivity contribution < 1.29 is 24.5 Å². The summed E-state index contributed by atoms with van der Waals surface area (Å²) in [7, 11) is 1.37. The summed E-state index contributed by atoms with van der Waals surface area (Å²) in [5.41, 5.74) is 0. The Morgan fingerprint density at radius 3 is 2.64 bits per heavy atom. The minimum absolute atomic E-state index is 0.121. The van der Waals surface area contributed by atoms with Crippen LogP contribution in [0.5, 0.6) is 0 Å². The quantitative estimate of drug-likeness (QED) is 0.496. The number of aliphatic hydroxyl groups is 2. The molecule has 1 rings (SSSR count). The predicted octanol–water partition coefficient (Wildman–Crippen LogP) is -1.78. The third-order valence-electron chi connectivity index (χ3n) is 2.10. The SMILES string of the molecule is CO[C@@H]1OC[C@H](NC(C)=O)[C@H](O)[C@H]1O. The van der Waals surface area contributed by atoms with Crippen LogP contribution in [-0.4, -0.2) is 54.4 Å². The van der Waals surface area contributed by atoms with Crippen molar-refractivity contribution in [3.63, 3.8) is 0 Å². The highest BCUT2D eigenvalue weighted by Gasteiger charge is 2.38. The number of carbonyl (C=O) groups is 1. The van der Waals surface area contributed by atoms with Crippen molar-refractivity contribution in [3.8, 4) is 0 Å². The summed E-state index contributed by atoms with van der Waals surface area (Å²) in [6.45, 7) is 1.46. The first-order valence-electron chi connectivity index (χ1n) is 4.34. The highest BCUT2D eigenvalue weighted by molar-refractivity contribution is 5.73. The molecule has 4 atom stereocenters. The minimum Gasteiger partial charge on any atom is -0.388 e. The Morgan fingerprint density at radius 2 is 2.14 bits per heavy atom. The van der Waals surface area contributed by atoms with Crippen LogP contribution in [0.1, 0.15) is 6.92 Å². The van der Waals surface area contributed by atoms with Crippen molar-refractivity contribution in [2.75, 3.05) is 13.7 Å². The molecule has 0 saturated carbocycles. The Labute approximate surface area is 81.8 Å². The van der Waals surface area contributed by atoms with E-state index in [1.165, 1.54) is 14.0 Å². The minimum atomic E-state index is -1.15. The van der Waals surface area contributed by atoms with Gasteiger partial charge in [-0.3, -0.25) is 4.79 Å². The molecule has 0 unspecified atom stereocenters. The lowest BCUT2D eigenvalue weighted by Gasteiger charge is -2.36. The van der Waals surface area contributed by atoms with Gasteiger partial charge in [0.2, 0.25) is 5.91 Å². The summed E-state index contributed by atoms with van der Waals surface area (Å²) < 4.78 is 9.86. The van der Waals surface area contributed by atoms with Gasteiger partial charge in [0.1, 0.15) is 12.2 Å². The smallest absolute Gasteiger partial charge is 0.217 e. The Morgan fingerprint density at radius 1 is 1.50 bits per heavy atom. The van der Waals surface area contributed by atoms with Crippen LogP contribution < -0.4 is 5.32 Å². The Kier molecular flexibility index (Phi) is 3.82. The van der Waals surface area contributed by atoms with Crippen molar-refractivity contribution in [2.45, 2.75) is 31.5 Å². The fourth-order valence-electron chi connectivity index (χ4n) is 1.39. The summed E-state index contributed by atoms with van der Waals surface area (Å²) in [6, 6.07) is -0.589. The molecule has 0 aromatic rings. The van der Waals surface area contributed by atoms with E-state index in [4.69, 9.17) is 9.47 Å². The molecule has 0 bridgehead atoms. The molecule has 6 heteroatoms. The van der Waals surface area contributed by atoms with Crippen LogP contribution >= 0.6 is 0 Å². The van der Waals surface area contributed by atoms with E-state index < -0.39 is 24.5 Å². The number of aliphatic hydroxyl groups excluding tert-OH is 2. The molecule has 1 heterocycles. The maximum Gasteiger partial charge on any atom is 0.217 e. The summed E-state index contributed by atoms with van der Waals surface area (Å²) in [6.07, 6.45) is -3.06. The van der Waals surface area contributed by atoms with Gasteiger partial charge >= 0.3 is 0 Å². The van der Waals surface area contributed by atoms with Crippen LogP contribution in [0, 0.1) is 0 Å². The maximum atomic E-state index is 10.7. The zero-order valence-corrected chi connectivity index (χ0v) is 8.14. The second-order valence-corrected chi connectivity index (χ2v) is 3.23. The van der Waals surface area contributed by atoms with E-state index in [0.29, 0.717) is 0 Å². The van der Waals surface area contributed by atoms with Crippen molar-refractivity contribution in [1.82, 2.24) is 5.32 Å². The number of methoxy groups -OCH3 is 1. The third-order valence-corrected chi connectivity index (χ3v) is 2.10. The van der Waals surface area contributed by atoms with E-state index in [1.54, 1.807) is 0 Å². The highest BCUT2D eigenvalue weighted by atomic mass is 16.7. The van der Waals surface area contributed by atoms with E-state index in [9.17, 15) is 15.0 Å². The number of amides is 1. The number of nitrogens with one attached hydrogen (secondary N) is 1. The topological polar surface area (TPSA) is 88.0 Å². The molecule has 1 aliphatic rings. The Hall–Kier alpha value is -0.690. The van der Waals surface area contributed by atoms with Gasteiger partial charge in [0.25, 0.3) is 0 Å². The van der Waals surface area contributed by atoms with Gasteiger partial charge in [-0.05, 0) is 0 Å². The van der Waals surface area contributed by atoms with Gasteiger partial charge in [-0.15, -0.1) is 0 Å². The molecular weight excluding hydrogens is 190 g/mol. The van der Waals surface area contributed by atoms with Crippen LogP contribution in [0.3, 0.4) is 0 Å². The standard InChI is InChI=1S/C8H15NO5/c1-4(10)9-5-3-14-8(13-2)7(12)6(5)11/h5-8,11-12H,3H2,1-2H3,(H,9,10)/t5-,6-,7+,8+/m0/s1. The number of rotatable bonds is 2. The largest absolute Gasteiger partial charge is 0.388 e. The van der Waals surface area contributed by atoms with Crippen molar-refractivity contribution in [1.29, 1.82) is 0 Å². The van der Waals surface area contributed by atoms with E-state index >= 15 is 0 Å². The normalized spacial score (nSPS) is 38.0. The molecule has 0 spiro atoms. The molecule has 0 aromatic heterocycles. The van der Waals surface area contributed by atoms with Gasteiger partial charge in [0.05, 0.1) is 12.6 Å². The predicted molar refractivity (Wildman–Crippen MR) is 46.4 cm³/mol. The molecule has 82 valence electrons. The fraction of sp³-hybridized carbons (Fsp3) is 0.875. The molecule has 1 saturated heterocycles. The first-order chi connectivity index (χ1) is 6.56. The molecular formula is C8H15NO5. The Balaban J connectivity index is 2.54. The number of carbonyl (C=O) groups excluding carboxylic acids is 1. The zero-order chi connectivity index (χ0) is 10.7. The van der Waals surface area contributed by atoms with Gasteiger partial charge in [0.15, 0.2) is 6.29 Å². The molecule has 1 fully saturated rings. The van der Waals surface area contributed by atoms with E-state index in [2.05, 4.69) is 5.32 Å². The first-order valence-corrected chi connectivity index (χ1v) is 4.34. The average Bonchev–Trinajstić information content (AvgIpc) is 2.13. The van der Waals surface area contributed by atoms with Gasteiger partial charge in [-0.1, -0.05) is 0 Å². The highest BCUT2D eigenvalue weighted by Crippen LogP contribution is 2.15. The zero-order valence-electron chi connectivity index (χ0n) is 8.14. The van der Waals surface area contributed by atoms with Crippen LogP contribution in [-0.2, 0) is 14.3 Å². The van der Waals surface area contributed by atoms with Crippen LogP contribution in [0.25, 0.3) is 0 Å². The summed E-state index contributed by atoms with van der Waals surface area (Å²) in [5.74, 6) is -0.277. The molecule has 6 nitrogen and oxygen atoms in total. The number of ether oxygens (including phenoxy) is 2.